The minimum Gasteiger partial charge on any atom is -0.317 e. The van der Waals surface area contributed by atoms with Crippen molar-refractivity contribution in [3.8, 4) is 0 Å². The molecule has 2 aliphatic heterocycles. The summed E-state index contributed by atoms with van der Waals surface area (Å²) < 4.78 is 0. The second-order valence-electron chi connectivity index (χ2n) is 7.40. The molecule has 0 aromatic heterocycles. The van der Waals surface area contributed by atoms with Crippen LogP contribution in [0.25, 0.3) is 0 Å². The van der Waals surface area contributed by atoms with Crippen molar-refractivity contribution < 1.29 is 14.5 Å². The molecule has 3 unspecified atom stereocenters. The van der Waals surface area contributed by atoms with Gasteiger partial charge in [-0.05, 0) is 37.3 Å². The second kappa shape index (κ2) is 6.30. The Balaban J connectivity index is 1.45. The number of nitro benzene ring substituents is 1. The second-order valence-corrected chi connectivity index (χ2v) is 7.40. The Morgan fingerprint density at radius 1 is 1.11 bits per heavy atom. The molecule has 0 radical (unpaired) electrons. The highest BCUT2D eigenvalue weighted by Crippen LogP contribution is 2.56. The minimum atomic E-state index is -0.754. The number of piperidine rings is 1. The van der Waals surface area contributed by atoms with Gasteiger partial charge in [-0.25, -0.2) is 0 Å². The van der Waals surface area contributed by atoms with Gasteiger partial charge in [-0.2, -0.15) is 0 Å². The molecule has 2 saturated heterocycles. The first-order chi connectivity index (χ1) is 12.9. The Morgan fingerprint density at radius 2 is 1.85 bits per heavy atom. The number of hydrogen-bond donors (Lipinski definition) is 0. The van der Waals surface area contributed by atoms with Gasteiger partial charge in [-0.1, -0.05) is 42.5 Å². The van der Waals surface area contributed by atoms with Crippen molar-refractivity contribution in [2.24, 2.45) is 5.92 Å². The Bertz CT molecular complexity index is 903. The number of fused-ring (bicyclic) bond motifs is 1. The molecule has 27 heavy (non-hydrogen) atoms. The van der Waals surface area contributed by atoms with E-state index in [2.05, 4.69) is 0 Å². The minimum absolute atomic E-state index is 0.0285. The van der Waals surface area contributed by atoms with Gasteiger partial charge in [0.1, 0.15) is 6.04 Å². The van der Waals surface area contributed by atoms with Gasteiger partial charge in [-0.3, -0.25) is 19.7 Å². The third kappa shape index (κ3) is 2.72. The van der Waals surface area contributed by atoms with Gasteiger partial charge in [0.15, 0.2) is 5.78 Å². The number of nitro groups is 1. The summed E-state index contributed by atoms with van der Waals surface area (Å²) in [5.41, 5.74) is 1.06. The summed E-state index contributed by atoms with van der Waals surface area (Å²) in [6.45, 7) is 1.81. The van der Waals surface area contributed by atoms with Gasteiger partial charge >= 0.3 is 0 Å². The van der Waals surface area contributed by atoms with Gasteiger partial charge < -0.3 is 4.90 Å². The summed E-state index contributed by atoms with van der Waals surface area (Å²) in [4.78, 5) is 37.7. The molecule has 138 valence electrons. The van der Waals surface area contributed by atoms with Crippen molar-refractivity contribution in [3.05, 3.63) is 75.8 Å². The van der Waals surface area contributed by atoms with Crippen LogP contribution in [0.2, 0.25) is 0 Å². The van der Waals surface area contributed by atoms with Crippen LogP contribution in [0.3, 0.4) is 0 Å². The van der Waals surface area contributed by atoms with Crippen LogP contribution in [0.15, 0.2) is 54.6 Å². The van der Waals surface area contributed by atoms with Crippen LogP contribution < -0.4 is 0 Å². The number of carbonyl (C=O) groups excluding carboxylic acids is 2. The lowest BCUT2D eigenvalue weighted by molar-refractivity contribution is -0.385. The highest BCUT2D eigenvalue weighted by molar-refractivity contribution is 6.15. The van der Waals surface area contributed by atoms with Crippen molar-refractivity contribution in [1.29, 1.82) is 0 Å². The highest BCUT2D eigenvalue weighted by Gasteiger charge is 2.73. The molecule has 4 rings (SSSR count). The summed E-state index contributed by atoms with van der Waals surface area (Å²) in [5.74, 6) is -0.778. The van der Waals surface area contributed by atoms with Crippen LogP contribution in [0, 0.1) is 16.0 Å². The lowest BCUT2D eigenvalue weighted by atomic mass is 9.86. The molecule has 2 heterocycles. The summed E-state index contributed by atoms with van der Waals surface area (Å²) in [7, 11) is 0. The van der Waals surface area contributed by atoms with E-state index in [-0.39, 0.29) is 17.4 Å². The predicted octanol–water partition coefficient (Wildman–Crippen LogP) is 3.24. The van der Waals surface area contributed by atoms with Crippen LogP contribution in [0.1, 0.15) is 30.9 Å². The Labute approximate surface area is 156 Å². The quantitative estimate of drug-likeness (QED) is 0.341. The number of non-ortho nitro benzene ring substituents is 1. The molecule has 6 heteroatoms. The smallest absolute Gasteiger partial charge is 0.269 e. The zero-order valence-corrected chi connectivity index (χ0v) is 15.0. The fourth-order valence-electron chi connectivity index (χ4n) is 4.28. The van der Waals surface area contributed by atoms with E-state index < -0.39 is 22.4 Å². The van der Waals surface area contributed by atoms with E-state index in [0.29, 0.717) is 12.0 Å². The summed E-state index contributed by atoms with van der Waals surface area (Å²) in [6.07, 6.45) is 2.16. The zero-order valence-electron chi connectivity index (χ0n) is 15.0. The number of benzene rings is 2. The van der Waals surface area contributed by atoms with Gasteiger partial charge in [0, 0.05) is 12.1 Å². The van der Waals surface area contributed by atoms with Crippen LogP contribution in [-0.2, 0) is 21.5 Å². The number of hydrogen-bond acceptors (Lipinski definition) is 4. The Kier molecular flexibility index (Phi) is 4.06. The molecule has 1 amide bonds. The van der Waals surface area contributed by atoms with Gasteiger partial charge in [0.05, 0.1) is 16.4 Å². The lowest BCUT2D eigenvalue weighted by Crippen LogP contribution is -2.31. The molecule has 0 N–H and O–H groups in total. The number of amides is 1. The average Bonchev–Trinajstić information content (AvgIpc) is 3.23. The number of ketones is 1. The third-order valence-electron chi connectivity index (χ3n) is 5.81. The van der Waals surface area contributed by atoms with E-state index in [9.17, 15) is 19.7 Å². The molecule has 2 aliphatic rings. The number of nitrogens with zero attached hydrogens (tertiary/aromatic N) is 2. The normalized spacial score (nSPS) is 26.2. The van der Waals surface area contributed by atoms with Crippen molar-refractivity contribution in [2.45, 2.75) is 37.8 Å². The Hall–Kier alpha value is -3.02. The molecule has 0 saturated carbocycles. The molecule has 0 spiro atoms. The van der Waals surface area contributed by atoms with E-state index in [1.165, 1.54) is 17.7 Å². The van der Waals surface area contributed by atoms with E-state index in [1.807, 2.05) is 37.3 Å². The number of aryl methyl sites for hydroxylation is 1. The maximum absolute atomic E-state index is 12.8. The fourth-order valence-corrected chi connectivity index (χ4v) is 4.28. The molecule has 2 fully saturated rings. The molecule has 3 atom stereocenters. The van der Waals surface area contributed by atoms with E-state index in [0.717, 1.165) is 12.8 Å². The van der Waals surface area contributed by atoms with Crippen LogP contribution in [0.5, 0.6) is 0 Å². The predicted molar refractivity (Wildman–Crippen MR) is 99.0 cm³/mol. The molecular weight excluding hydrogens is 344 g/mol. The first kappa shape index (κ1) is 17.4. The maximum Gasteiger partial charge on any atom is 0.269 e. The number of rotatable bonds is 6. The summed E-state index contributed by atoms with van der Waals surface area (Å²) in [5, 5.41) is 11.0. The first-order valence-electron chi connectivity index (χ1n) is 9.10. The monoisotopic (exact) mass is 364 g/mol. The standard InChI is InChI=1S/C21H20N2O4/c1-21(15-10-6-11-16(13-15)23(26)27)19-18(24)17(20(25)22(19)21)12-5-9-14-7-3-2-4-8-14/h2-4,6-8,10-11,13,17,19H,5,9,12H2,1H3. The fraction of sp³-hybridized carbons (Fsp3) is 0.333. The summed E-state index contributed by atoms with van der Waals surface area (Å²) >= 11 is 0. The third-order valence-corrected chi connectivity index (χ3v) is 5.81. The van der Waals surface area contributed by atoms with E-state index >= 15 is 0 Å². The SMILES string of the molecule is CC1(c2cccc([N+](=O)[O-])c2)C2C(=O)C(CCCc3ccccc3)C(=O)N21. The van der Waals surface area contributed by atoms with Crippen LogP contribution in [0.4, 0.5) is 5.69 Å². The van der Waals surface area contributed by atoms with Gasteiger partial charge in [-0.15, -0.1) is 0 Å². The van der Waals surface area contributed by atoms with Crippen LogP contribution in [-0.4, -0.2) is 27.6 Å². The molecular formula is C21H20N2O4. The highest BCUT2D eigenvalue weighted by atomic mass is 16.6. The maximum atomic E-state index is 12.8. The first-order valence-corrected chi connectivity index (χ1v) is 9.10. The van der Waals surface area contributed by atoms with E-state index in [4.69, 9.17) is 0 Å². The number of carbonyl (C=O) groups is 2. The zero-order chi connectivity index (χ0) is 19.2. The van der Waals surface area contributed by atoms with Crippen molar-refractivity contribution in [1.82, 2.24) is 4.90 Å². The van der Waals surface area contributed by atoms with Crippen LogP contribution >= 0.6 is 0 Å². The van der Waals surface area contributed by atoms with Gasteiger partial charge in [0.2, 0.25) is 5.91 Å². The molecule has 6 nitrogen and oxygen atoms in total. The van der Waals surface area contributed by atoms with E-state index in [1.54, 1.807) is 17.0 Å². The Morgan fingerprint density at radius 3 is 2.48 bits per heavy atom. The average molecular weight is 364 g/mol. The van der Waals surface area contributed by atoms with Crippen molar-refractivity contribution in [3.63, 3.8) is 0 Å². The number of Topliss-reactive ketones (excluding diaryl/α,β-unsaturated/α-hetero) is 1. The summed E-state index contributed by atoms with van der Waals surface area (Å²) in [6, 6.07) is 15.7. The largest absolute Gasteiger partial charge is 0.317 e. The van der Waals surface area contributed by atoms with Gasteiger partial charge in [0.25, 0.3) is 5.69 Å². The topological polar surface area (TPSA) is 80.3 Å². The molecule has 2 aromatic rings. The molecule has 0 bridgehead atoms. The molecule has 2 aromatic carbocycles. The molecule has 0 aliphatic carbocycles. The van der Waals surface area contributed by atoms with Crippen molar-refractivity contribution in [2.75, 3.05) is 0 Å². The lowest BCUT2D eigenvalue weighted by Gasteiger charge is -2.18. The van der Waals surface area contributed by atoms with Crippen molar-refractivity contribution >= 4 is 17.4 Å².